The first-order valence-electron chi connectivity index (χ1n) is 11.4. The van der Waals surface area contributed by atoms with Crippen molar-refractivity contribution in [1.82, 2.24) is 10.3 Å². The number of aromatic nitrogens is 1. The topological polar surface area (TPSA) is 102 Å². The van der Waals surface area contributed by atoms with Crippen LogP contribution in [0.3, 0.4) is 0 Å². The zero-order chi connectivity index (χ0) is 22.2. The molecule has 0 saturated carbocycles. The number of aryl methyl sites for hydroxylation is 1. The van der Waals surface area contributed by atoms with Crippen LogP contribution in [0.5, 0.6) is 0 Å². The van der Waals surface area contributed by atoms with Crippen molar-refractivity contribution in [2.24, 2.45) is 0 Å². The van der Waals surface area contributed by atoms with E-state index in [1.807, 2.05) is 0 Å². The summed E-state index contributed by atoms with van der Waals surface area (Å²) in [5, 5.41) is 13.1. The van der Waals surface area contributed by atoms with Crippen molar-refractivity contribution in [3.63, 3.8) is 0 Å². The van der Waals surface area contributed by atoms with Crippen LogP contribution < -0.4 is 5.32 Å². The number of imide groups is 1. The van der Waals surface area contributed by atoms with Gasteiger partial charge in [0.25, 0.3) is 11.6 Å². The second-order valence-corrected chi connectivity index (χ2v) is 7.95. The maximum absolute atomic E-state index is 12.2. The van der Waals surface area contributed by atoms with Gasteiger partial charge in [-0.1, -0.05) is 84.0 Å². The van der Waals surface area contributed by atoms with Crippen molar-refractivity contribution in [1.29, 1.82) is 0 Å². The third-order valence-corrected chi connectivity index (χ3v) is 5.29. The Kier molecular flexibility index (Phi) is 13.3. The first kappa shape index (κ1) is 25.7. The van der Waals surface area contributed by atoms with Crippen molar-refractivity contribution in [3.8, 4) is 0 Å². The lowest BCUT2D eigenvalue weighted by Gasteiger charge is -2.06. The fraction of sp³-hybridized carbons (Fsp3) is 0.696. The van der Waals surface area contributed by atoms with Crippen molar-refractivity contribution >= 4 is 17.5 Å². The van der Waals surface area contributed by atoms with Crippen molar-refractivity contribution in [2.75, 3.05) is 0 Å². The Labute approximate surface area is 180 Å². The summed E-state index contributed by atoms with van der Waals surface area (Å²) in [4.78, 5) is 38.2. The summed E-state index contributed by atoms with van der Waals surface area (Å²) in [6.45, 7) is 3.82. The number of hydrogen-bond donors (Lipinski definition) is 1. The Hall–Kier alpha value is -2.31. The summed E-state index contributed by atoms with van der Waals surface area (Å²) in [7, 11) is 0. The van der Waals surface area contributed by atoms with E-state index in [9.17, 15) is 19.7 Å². The van der Waals surface area contributed by atoms with Crippen LogP contribution in [-0.2, 0) is 4.79 Å². The second kappa shape index (κ2) is 15.5. The first-order valence-corrected chi connectivity index (χ1v) is 11.4. The summed E-state index contributed by atoms with van der Waals surface area (Å²) in [5.41, 5.74) is 0.143. The molecule has 7 heteroatoms. The molecule has 0 bridgehead atoms. The van der Waals surface area contributed by atoms with Gasteiger partial charge >= 0.3 is 0 Å². The first-order chi connectivity index (χ1) is 14.5. The lowest BCUT2D eigenvalue weighted by Crippen LogP contribution is -2.31. The minimum absolute atomic E-state index is 0.0583. The van der Waals surface area contributed by atoms with Crippen molar-refractivity contribution in [2.45, 2.75) is 104 Å². The lowest BCUT2D eigenvalue weighted by atomic mass is 10.0. The number of nitro groups is 1. The van der Waals surface area contributed by atoms with Gasteiger partial charge in [0.2, 0.25) is 5.91 Å². The highest BCUT2D eigenvalue weighted by molar-refractivity contribution is 6.05. The molecule has 0 saturated heterocycles. The molecule has 2 amide bonds. The molecule has 168 valence electrons. The molecule has 1 N–H and O–H groups in total. The fourth-order valence-corrected chi connectivity index (χ4v) is 3.41. The average molecular weight is 420 g/mol. The average Bonchev–Trinajstić information content (AvgIpc) is 2.71. The molecular formula is C23H37N3O4. The van der Waals surface area contributed by atoms with Crippen LogP contribution in [0.1, 0.15) is 113 Å². The largest absolute Gasteiger partial charge is 0.292 e. The molecule has 0 spiro atoms. The van der Waals surface area contributed by atoms with Crippen LogP contribution in [-0.4, -0.2) is 21.7 Å². The predicted molar refractivity (Wildman–Crippen MR) is 118 cm³/mol. The Morgan fingerprint density at radius 3 is 1.93 bits per heavy atom. The summed E-state index contributed by atoms with van der Waals surface area (Å²) in [6, 6.07) is 1.15. The highest BCUT2D eigenvalue weighted by atomic mass is 16.6. The van der Waals surface area contributed by atoms with Crippen LogP contribution in [0.15, 0.2) is 12.3 Å². The fourth-order valence-electron chi connectivity index (χ4n) is 3.41. The maximum atomic E-state index is 12.2. The number of rotatable bonds is 16. The SMILES string of the molecule is CCCCCCCCCCCCCCCC(=O)NC(=O)c1cc([N+](=O)[O-])cnc1C. The van der Waals surface area contributed by atoms with E-state index >= 15 is 0 Å². The number of amides is 2. The highest BCUT2D eigenvalue weighted by Gasteiger charge is 2.17. The van der Waals surface area contributed by atoms with Crippen molar-refractivity contribution < 1.29 is 14.5 Å². The molecule has 1 aromatic rings. The quantitative estimate of drug-likeness (QED) is 0.200. The Bertz CT molecular complexity index is 676. The smallest absolute Gasteiger partial charge is 0.288 e. The second-order valence-electron chi connectivity index (χ2n) is 7.95. The Balaban J connectivity index is 2.09. The van der Waals surface area contributed by atoms with Crippen LogP contribution in [0.4, 0.5) is 5.69 Å². The van der Waals surface area contributed by atoms with E-state index in [0.29, 0.717) is 5.69 Å². The molecule has 0 aliphatic carbocycles. The molecule has 0 unspecified atom stereocenters. The van der Waals surface area contributed by atoms with Gasteiger partial charge in [-0.3, -0.25) is 30.0 Å². The number of hydrogen-bond acceptors (Lipinski definition) is 5. The van der Waals surface area contributed by atoms with Gasteiger partial charge in [0.05, 0.1) is 16.2 Å². The van der Waals surface area contributed by atoms with Crippen molar-refractivity contribution in [3.05, 3.63) is 33.6 Å². The number of unbranched alkanes of at least 4 members (excludes halogenated alkanes) is 12. The molecule has 0 aliphatic heterocycles. The van der Waals surface area contributed by atoms with E-state index < -0.39 is 10.8 Å². The molecule has 0 fully saturated rings. The molecule has 30 heavy (non-hydrogen) atoms. The van der Waals surface area contributed by atoms with E-state index in [-0.39, 0.29) is 23.6 Å². The lowest BCUT2D eigenvalue weighted by molar-refractivity contribution is -0.385. The molecule has 0 aromatic carbocycles. The van der Waals surface area contributed by atoms with Gasteiger partial charge in [0, 0.05) is 12.5 Å². The standard InChI is InChI=1S/C23H37N3O4/c1-3-4-5-6-7-8-9-10-11-12-13-14-15-16-22(27)25-23(28)21-17-20(26(29)30)18-24-19(21)2/h17-18H,3-16H2,1-2H3,(H,25,27,28). The number of pyridine rings is 1. The molecule has 0 aliphatic rings. The maximum Gasteiger partial charge on any atom is 0.288 e. The molecular weight excluding hydrogens is 382 g/mol. The summed E-state index contributed by atoms with van der Waals surface area (Å²) in [6.07, 6.45) is 17.3. The molecule has 1 aromatic heterocycles. The van der Waals surface area contributed by atoms with Crippen LogP contribution >= 0.6 is 0 Å². The highest BCUT2D eigenvalue weighted by Crippen LogP contribution is 2.15. The monoisotopic (exact) mass is 419 g/mol. The van der Waals surface area contributed by atoms with Gasteiger partial charge in [0.1, 0.15) is 6.20 Å². The Morgan fingerprint density at radius 2 is 1.43 bits per heavy atom. The van der Waals surface area contributed by atoms with E-state index in [2.05, 4.69) is 17.2 Å². The van der Waals surface area contributed by atoms with Crippen LogP contribution in [0.25, 0.3) is 0 Å². The van der Waals surface area contributed by atoms with E-state index in [0.717, 1.165) is 31.5 Å². The van der Waals surface area contributed by atoms with Gasteiger partial charge in [-0.05, 0) is 13.3 Å². The summed E-state index contributed by atoms with van der Waals surface area (Å²) in [5.74, 6) is -0.989. The molecule has 7 nitrogen and oxygen atoms in total. The molecule has 1 heterocycles. The van der Waals surface area contributed by atoms with Crippen LogP contribution in [0.2, 0.25) is 0 Å². The number of carbonyl (C=O) groups is 2. The van der Waals surface area contributed by atoms with E-state index in [1.165, 1.54) is 64.2 Å². The van der Waals surface area contributed by atoms with Gasteiger partial charge in [-0.15, -0.1) is 0 Å². The predicted octanol–water partition coefficient (Wildman–Crippen LogP) is 6.04. The molecule has 0 radical (unpaired) electrons. The van der Waals surface area contributed by atoms with Gasteiger partial charge in [-0.25, -0.2) is 0 Å². The zero-order valence-electron chi connectivity index (χ0n) is 18.6. The molecule has 0 atom stereocenters. The van der Waals surface area contributed by atoms with Crippen LogP contribution in [0, 0.1) is 17.0 Å². The van der Waals surface area contributed by atoms with Gasteiger partial charge in [-0.2, -0.15) is 0 Å². The van der Waals surface area contributed by atoms with Gasteiger partial charge in [0.15, 0.2) is 0 Å². The number of nitrogens with one attached hydrogen (secondary N) is 1. The number of nitrogens with zero attached hydrogens (tertiary/aromatic N) is 2. The van der Waals surface area contributed by atoms with E-state index in [1.54, 1.807) is 6.92 Å². The minimum atomic E-state index is -0.636. The number of carbonyl (C=O) groups excluding carboxylic acids is 2. The summed E-state index contributed by atoms with van der Waals surface area (Å²) >= 11 is 0. The third kappa shape index (κ3) is 11.0. The zero-order valence-corrected chi connectivity index (χ0v) is 18.6. The van der Waals surface area contributed by atoms with E-state index in [4.69, 9.17) is 0 Å². The normalized spacial score (nSPS) is 10.7. The third-order valence-electron chi connectivity index (χ3n) is 5.29. The Morgan fingerprint density at radius 1 is 0.933 bits per heavy atom. The van der Waals surface area contributed by atoms with Gasteiger partial charge < -0.3 is 0 Å². The minimum Gasteiger partial charge on any atom is -0.292 e. The summed E-state index contributed by atoms with van der Waals surface area (Å²) < 4.78 is 0. The molecule has 1 rings (SSSR count).